The summed E-state index contributed by atoms with van der Waals surface area (Å²) in [5, 5.41) is 0. The van der Waals surface area contributed by atoms with Crippen molar-refractivity contribution in [2.75, 3.05) is 0 Å². The molecule has 0 aliphatic carbocycles. The van der Waals surface area contributed by atoms with Gasteiger partial charge in [-0.3, -0.25) is 0 Å². The Morgan fingerprint density at radius 2 is 0.136 bits per heavy atom. The molecule has 0 saturated carbocycles. The van der Waals surface area contributed by atoms with E-state index in [1.807, 2.05) is 111 Å². The summed E-state index contributed by atoms with van der Waals surface area (Å²) in [6, 6.07) is 0. The van der Waals surface area contributed by atoms with Gasteiger partial charge >= 0.3 is 0 Å². The van der Waals surface area contributed by atoms with Crippen LogP contribution in [0.5, 0.6) is 0 Å². The van der Waals surface area contributed by atoms with Crippen molar-refractivity contribution in [1.82, 2.24) is 0 Å². The quantitative estimate of drug-likeness (QED) is 0.328. The van der Waals surface area contributed by atoms with Crippen molar-refractivity contribution in [2.45, 2.75) is 111 Å². The first-order chi connectivity index (χ1) is 8.00. The van der Waals surface area contributed by atoms with Crippen LogP contribution in [0.4, 0.5) is 0 Å². The van der Waals surface area contributed by atoms with Crippen LogP contribution >= 0.6 is 0 Å². The predicted octanol–water partition coefficient (Wildman–Crippen LogP) is 8.21. The third-order valence-corrected chi connectivity index (χ3v) is 0. The first-order valence-electron chi connectivity index (χ1n) is 8.00. The maximum Gasteiger partial charge on any atom is 0 e. The molecule has 0 heterocycles. The van der Waals surface area contributed by atoms with Crippen LogP contribution in [0.15, 0.2) is 0 Å². The average Bonchev–Trinajstić information content (AvgIpc) is 2.54. The second-order valence-electron chi connectivity index (χ2n) is 0. The van der Waals surface area contributed by atoms with Crippen LogP contribution in [-0.4, -0.2) is 0 Å². The molecule has 0 nitrogen and oxygen atoms in total. The van der Waals surface area contributed by atoms with Crippen LogP contribution in [-0.2, 0) is 0 Å². The third kappa shape index (κ3) is 340. The van der Waals surface area contributed by atoms with E-state index in [0.29, 0.717) is 0 Å². The molecular formula is C16H48Ar6. The second kappa shape index (κ2) is 380. The van der Waals surface area contributed by atoms with Crippen LogP contribution in [0, 0.1) is 226 Å². The largest absolute Gasteiger partial charge is 0.0683 e. The summed E-state index contributed by atoms with van der Waals surface area (Å²) >= 11 is 0. The van der Waals surface area contributed by atoms with Gasteiger partial charge in [0.05, 0.1) is 0 Å². The molecule has 0 bridgehead atoms. The van der Waals surface area contributed by atoms with E-state index < -0.39 is 0 Å². The van der Waals surface area contributed by atoms with Crippen LogP contribution in [0.3, 0.4) is 0 Å². The van der Waals surface area contributed by atoms with Gasteiger partial charge < -0.3 is 0 Å². The fourth-order valence-electron chi connectivity index (χ4n) is 0. The Kier molecular flexibility index (Phi) is 1720. The van der Waals surface area contributed by atoms with Crippen molar-refractivity contribution < 1.29 is 226 Å². The molecule has 0 fully saturated rings. The normalized spacial score (nSPS) is 2.18. The molecule has 0 aromatic rings. The molecule has 22 heavy (non-hydrogen) atoms. The molecule has 0 aliphatic heterocycles. The molecule has 0 rings (SSSR count). The van der Waals surface area contributed by atoms with Crippen molar-refractivity contribution in [1.29, 1.82) is 0 Å². The minimum Gasteiger partial charge on any atom is -0.0683 e. The molecule has 0 unspecified atom stereocenters. The third-order valence-electron chi connectivity index (χ3n) is 0. The van der Waals surface area contributed by atoms with Crippen LogP contribution in [0.25, 0.3) is 0 Å². The molecule has 0 aromatic heterocycles. The molecular weight excluding hydrogens is 432 g/mol. The summed E-state index contributed by atoms with van der Waals surface area (Å²) in [5.74, 6) is 0. The van der Waals surface area contributed by atoms with Crippen LogP contribution < -0.4 is 0 Å². The first kappa shape index (κ1) is 99.6. The fraction of sp³-hybridized carbons (Fsp3) is 1.00. The topological polar surface area (TPSA) is 0 Å². The van der Waals surface area contributed by atoms with E-state index in [2.05, 4.69) is 0 Å². The minimum absolute atomic E-state index is 0. The molecule has 0 saturated heterocycles. The molecule has 160 valence electrons. The van der Waals surface area contributed by atoms with Gasteiger partial charge in [0.25, 0.3) is 0 Å². The van der Waals surface area contributed by atoms with Gasteiger partial charge in [0.15, 0.2) is 0 Å². The Morgan fingerprint density at radius 3 is 0.136 bits per heavy atom. The summed E-state index contributed by atoms with van der Waals surface area (Å²) in [6.45, 7) is 32.0. The van der Waals surface area contributed by atoms with E-state index in [-0.39, 0.29) is 226 Å². The van der Waals surface area contributed by atoms with Gasteiger partial charge in [-0.15, -0.1) is 0 Å². The van der Waals surface area contributed by atoms with Gasteiger partial charge in [0, 0.05) is 226 Å². The summed E-state index contributed by atoms with van der Waals surface area (Å²) < 4.78 is 0. The zero-order valence-corrected chi connectivity index (χ0v) is 22.4. The van der Waals surface area contributed by atoms with Crippen molar-refractivity contribution in [2.24, 2.45) is 0 Å². The van der Waals surface area contributed by atoms with Crippen molar-refractivity contribution in [3.8, 4) is 0 Å². The van der Waals surface area contributed by atoms with E-state index in [1.165, 1.54) is 0 Å². The van der Waals surface area contributed by atoms with Gasteiger partial charge in [-0.05, 0) is 0 Å². The van der Waals surface area contributed by atoms with Gasteiger partial charge in [-0.1, -0.05) is 111 Å². The SMILES string of the molecule is CC.CC.CC.CC.CC.CC.CC.CC.[Ar].[Ar].[Ar].[Ar].[Ar].[Ar]. The maximum atomic E-state index is 2.00. The van der Waals surface area contributed by atoms with Gasteiger partial charge in [0.1, 0.15) is 0 Å². The van der Waals surface area contributed by atoms with E-state index >= 15 is 0 Å². The molecule has 0 spiro atoms. The van der Waals surface area contributed by atoms with Gasteiger partial charge in [-0.25, -0.2) is 0 Å². The minimum atomic E-state index is 0. The first-order valence-corrected chi connectivity index (χ1v) is 8.00. The second-order valence-corrected chi connectivity index (χ2v) is 0. The molecule has 0 aliphatic rings. The molecule has 0 amide bonds. The molecule has 0 aromatic carbocycles. The van der Waals surface area contributed by atoms with Crippen LogP contribution in [0.2, 0.25) is 0 Å². The Balaban J connectivity index is -0.00000000267. The van der Waals surface area contributed by atoms with E-state index in [9.17, 15) is 0 Å². The summed E-state index contributed by atoms with van der Waals surface area (Å²) in [4.78, 5) is 0. The van der Waals surface area contributed by atoms with Crippen molar-refractivity contribution in [3.05, 3.63) is 0 Å². The van der Waals surface area contributed by atoms with Gasteiger partial charge in [0.2, 0.25) is 0 Å². The molecule has 6 heteroatoms. The molecule has 0 atom stereocenters. The van der Waals surface area contributed by atoms with Crippen LogP contribution in [0.1, 0.15) is 111 Å². The van der Waals surface area contributed by atoms with Crippen molar-refractivity contribution in [3.63, 3.8) is 0 Å². The Labute approximate surface area is 328 Å². The summed E-state index contributed by atoms with van der Waals surface area (Å²) in [5.41, 5.74) is 0. The fourth-order valence-corrected chi connectivity index (χ4v) is 0. The van der Waals surface area contributed by atoms with Crippen molar-refractivity contribution >= 4 is 0 Å². The monoisotopic (exact) mass is 480 g/mol. The Hall–Kier alpha value is 7.56. The zero-order valence-electron chi connectivity index (χ0n) is 18.1. The van der Waals surface area contributed by atoms with Gasteiger partial charge in [-0.2, -0.15) is 0 Å². The van der Waals surface area contributed by atoms with E-state index in [1.54, 1.807) is 0 Å². The average molecular weight is 480 g/mol. The maximum absolute atomic E-state index is 2.00. The Morgan fingerprint density at radius 1 is 0.136 bits per heavy atom. The zero-order chi connectivity index (χ0) is 16.0. The number of hydrogen-bond donors (Lipinski definition) is 0. The molecule has 0 N–H and O–H groups in total. The van der Waals surface area contributed by atoms with E-state index in [0.717, 1.165) is 0 Å². The standard InChI is InChI=1S/8C2H6.6Ar/c8*1-2;;;;;;/h8*1-2H3;;;;;;. The molecule has 0 radical (unpaired) electrons. The van der Waals surface area contributed by atoms with E-state index in [4.69, 9.17) is 0 Å². The summed E-state index contributed by atoms with van der Waals surface area (Å²) in [6.07, 6.45) is 0. The number of rotatable bonds is 0. The predicted molar refractivity (Wildman–Crippen MR) is 90.8 cm³/mol. The Bertz CT molecular complexity index is 18.6. The smallest absolute Gasteiger partial charge is 0 e. The number of hydrogen-bond acceptors (Lipinski definition) is 0. The summed E-state index contributed by atoms with van der Waals surface area (Å²) in [7, 11) is 0.